The lowest BCUT2D eigenvalue weighted by atomic mass is 10.2. The molecule has 0 saturated carbocycles. The number of rotatable bonds is 11. The third kappa shape index (κ3) is 9.19. The number of carboxylic acid groups (broad SMARTS) is 2. The second kappa shape index (κ2) is 14.6. The van der Waals surface area contributed by atoms with Gasteiger partial charge in [-0.15, -0.1) is 6.58 Å². The van der Waals surface area contributed by atoms with Crippen LogP contribution >= 0.6 is 0 Å². The summed E-state index contributed by atoms with van der Waals surface area (Å²) in [7, 11) is 0. The highest BCUT2D eigenvalue weighted by Crippen LogP contribution is 2.26. The smallest absolute Gasteiger partial charge is 0.328 e. The Labute approximate surface area is 200 Å². The van der Waals surface area contributed by atoms with Gasteiger partial charge in [0.05, 0.1) is 17.5 Å². The molecular formula is C25H34N4O5. The number of benzene rings is 1. The van der Waals surface area contributed by atoms with Crippen molar-refractivity contribution in [1.29, 1.82) is 0 Å². The van der Waals surface area contributed by atoms with Crippen LogP contribution in [0.1, 0.15) is 32.6 Å². The molecule has 1 fully saturated rings. The van der Waals surface area contributed by atoms with Crippen molar-refractivity contribution in [2.75, 3.05) is 44.2 Å². The summed E-state index contributed by atoms with van der Waals surface area (Å²) in [6.07, 6.45) is 7.85. The van der Waals surface area contributed by atoms with E-state index in [2.05, 4.69) is 23.3 Å². The first kappa shape index (κ1) is 26.8. The number of carbonyl (C=O) groups is 2. The first-order chi connectivity index (χ1) is 16.4. The van der Waals surface area contributed by atoms with E-state index in [0.717, 1.165) is 61.9 Å². The van der Waals surface area contributed by atoms with Crippen LogP contribution in [0.4, 0.5) is 5.95 Å². The van der Waals surface area contributed by atoms with E-state index in [1.807, 2.05) is 30.3 Å². The summed E-state index contributed by atoms with van der Waals surface area (Å²) in [5.41, 5.74) is 0.953. The molecule has 2 heterocycles. The highest BCUT2D eigenvalue weighted by atomic mass is 16.5. The van der Waals surface area contributed by atoms with Crippen LogP contribution in [0, 0.1) is 0 Å². The number of carboxylic acids is 2. The molecule has 9 nitrogen and oxygen atoms in total. The highest BCUT2D eigenvalue weighted by molar-refractivity contribution is 5.89. The molecule has 1 aromatic carbocycles. The van der Waals surface area contributed by atoms with E-state index < -0.39 is 11.9 Å². The molecule has 0 bridgehead atoms. The van der Waals surface area contributed by atoms with Crippen LogP contribution in [0.2, 0.25) is 0 Å². The summed E-state index contributed by atoms with van der Waals surface area (Å²) in [4.78, 5) is 33.3. The maximum absolute atomic E-state index is 9.55. The van der Waals surface area contributed by atoms with Crippen LogP contribution in [0.5, 0.6) is 5.88 Å². The number of para-hydroxylation sites is 1. The number of piperazine rings is 1. The maximum Gasteiger partial charge on any atom is 0.328 e. The maximum atomic E-state index is 9.55. The van der Waals surface area contributed by atoms with Crippen molar-refractivity contribution in [1.82, 2.24) is 14.9 Å². The van der Waals surface area contributed by atoms with Gasteiger partial charge in [0.1, 0.15) is 0 Å². The Kier molecular flexibility index (Phi) is 11.5. The third-order valence-electron chi connectivity index (χ3n) is 5.20. The molecule has 2 aromatic rings. The van der Waals surface area contributed by atoms with Crippen molar-refractivity contribution < 1.29 is 24.5 Å². The van der Waals surface area contributed by atoms with Crippen LogP contribution in [0.15, 0.2) is 49.1 Å². The van der Waals surface area contributed by atoms with E-state index in [1.54, 1.807) is 0 Å². The van der Waals surface area contributed by atoms with E-state index in [9.17, 15) is 9.59 Å². The van der Waals surface area contributed by atoms with Crippen LogP contribution in [0.25, 0.3) is 10.9 Å². The molecule has 1 saturated heterocycles. The van der Waals surface area contributed by atoms with Crippen molar-refractivity contribution in [2.24, 2.45) is 0 Å². The Balaban J connectivity index is 0.000000440. The van der Waals surface area contributed by atoms with Gasteiger partial charge in [-0.3, -0.25) is 4.90 Å². The molecule has 34 heavy (non-hydrogen) atoms. The zero-order valence-electron chi connectivity index (χ0n) is 19.7. The SMILES string of the molecule is C=CCN1CCN(c2nc(OCCCCCC)c3ccccc3n2)CC1.O=C(O)/C=C/C(=O)O. The molecule has 2 N–H and O–H groups in total. The average Bonchev–Trinajstić information content (AvgIpc) is 2.83. The molecule has 0 amide bonds. The number of aliphatic carboxylic acids is 2. The van der Waals surface area contributed by atoms with Crippen LogP contribution in [-0.4, -0.2) is 76.4 Å². The van der Waals surface area contributed by atoms with Crippen molar-refractivity contribution >= 4 is 28.8 Å². The number of hydrogen-bond donors (Lipinski definition) is 2. The van der Waals surface area contributed by atoms with Crippen molar-refractivity contribution in [3.05, 3.63) is 49.1 Å². The number of ether oxygens (including phenoxy) is 1. The van der Waals surface area contributed by atoms with E-state index in [4.69, 9.17) is 24.9 Å². The molecular weight excluding hydrogens is 436 g/mol. The van der Waals surface area contributed by atoms with E-state index >= 15 is 0 Å². The summed E-state index contributed by atoms with van der Waals surface area (Å²) < 4.78 is 6.06. The molecule has 9 heteroatoms. The predicted octanol–water partition coefficient (Wildman–Crippen LogP) is 3.61. The summed E-state index contributed by atoms with van der Waals surface area (Å²) in [6.45, 7) is 11.6. The fourth-order valence-electron chi connectivity index (χ4n) is 3.44. The number of anilines is 1. The van der Waals surface area contributed by atoms with Crippen molar-refractivity contribution in [3.63, 3.8) is 0 Å². The van der Waals surface area contributed by atoms with Crippen LogP contribution in [0.3, 0.4) is 0 Å². The van der Waals surface area contributed by atoms with E-state index in [0.29, 0.717) is 18.8 Å². The van der Waals surface area contributed by atoms with Gasteiger partial charge < -0.3 is 19.8 Å². The number of unbranched alkanes of at least 4 members (excludes halogenated alkanes) is 3. The lowest BCUT2D eigenvalue weighted by molar-refractivity contribution is -0.134. The van der Waals surface area contributed by atoms with E-state index in [1.165, 1.54) is 19.3 Å². The lowest BCUT2D eigenvalue weighted by Gasteiger charge is -2.34. The molecule has 0 spiro atoms. The average molecular weight is 471 g/mol. The van der Waals surface area contributed by atoms with Crippen LogP contribution < -0.4 is 9.64 Å². The molecule has 0 radical (unpaired) electrons. The number of hydrogen-bond acceptors (Lipinski definition) is 7. The second-order valence-electron chi connectivity index (χ2n) is 7.84. The minimum Gasteiger partial charge on any atom is -0.478 e. The minimum atomic E-state index is -1.26. The van der Waals surface area contributed by atoms with Gasteiger partial charge in [-0.1, -0.05) is 44.4 Å². The van der Waals surface area contributed by atoms with Gasteiger partial charge in [-0.25, -0.2) is 14.6 Å². The van der Waals surface area contributed by atoms with Gasteiger partial charge in [-0.05, 0) is 18.6 Å². The van der Waals surface area contributed by atoms with Crippen molar-refractivity contribution in [2.45, 2.75) is 32.6 Å². The van der Waals surface area contributed by atoms with Gasteiger partial charge in [0.25, 0.3) is 0 Å². The van der Waals surface area contributed by atoms with Gasteiger partial charge in [0.15, 0.2) is 0 Å². The number of aromatic nitrogens is 2. The Morgan fingerprint density at radius 3 is 2.32 bits per heavy atom. The zero-order valence-corrected chi connectivity index (χ0v) is 19.7. The summed E-state index contributed by atoms with van der Waals surface area (Å²) in [6, 6.07) is 8.12. The molecule has 0 aliphatic carbocycles. The fourth-order valence-corrected chi connectivity index (χ4v) is 3.44. The first-order valence-electron chi connectivity index (χ1n) is 11.6. The molecule has 1 aliphatic rings. The normalized spacial score (nSPS) is 14.0. The summed E-state index contributed by atoms with van der Waals surface area (Å²) >= 11 is 0. The topological polar surface area (TPSA) is 116 Å². The fraction of sp³-hybridized carbons (Fsp3) is 0.440. The highest BCUT2D eigenvalue weighted by Gasteiger charge is 2.20. The molecule has 1 aromatic heterocycles. The molecule has 1 aliphatic heterocycles. The van der Waals surface area contributed by atoms with Gasteiger partial charge in [-0.2, -0.15) is 4.98 Å². The van der Waals surface area contributed by atoms with E-state index in [-0.39, 0.29) is 0 Å². The second-order valence-corrected chi connectivity index (χ2v) is 7.84. The summed E-state index contributed by atoms with van der Waals surface area (Å²) in [5, 5.41) is 16.6. The molecule has 0 unspecified atom stereocenters. The largest absolute Gasteiger partial charge is 0.478 e. The Hall–Kier alpha value is -3.46. The minimum absolute atomic E-state index is 0.558. The quantitative estimate of drug-likeness (QED) is 0.289. The van der Waals surface area contributed by atoms with Crippen LogP contribution in [-0.2, 0) is 9.59 Å². The Morgan fingerprint density at radius 2 is 1.71 bits per heavy atom. The van der Waals surface area contributed by atoms with Crippen molar-refractivity contribution in [3.8, 4) is 5.88 Å². The monoisotopic (exact) mass is 470 g/mol. The van der Waals surface area contributed by atoms with Gasteiger partial charge in [0.2, 0.25) is 11.8 Å². The predicted molar refractivity (Wildman–Crippen MR) is 132 cm³/mol. The van der Waals surface area contributed by atoms with Gasteiger partial charge in [0, 0.05) is 44.9 Å². The molecule has 0 atom stereocenters. The number of fused-ring (bicyclic) bond motifs is 1. The number of nitrogens with zero attached hydrogens (tertiary/aromatic N) is 4. The Morgan fingerprint density at radius 1 is 1.03 bits per heavy atom. The zero-order chi connectivity index (χ0) is 24.8. The standard InChI is InChI=1S/C21H30N4O.C4H4O4/c1-3-5-6-9-17-26-20-18-10-7-8-11-19(18)22-21(23-20)25-15-13-24(12-4-2)14-16-25;5-3(6)1-2-4(7)8/h4,7-8,10-11H,2-3,5-6,9,12-17H2,1H3;1-2H,(H,5,6)(H,7,8)/b;2-1+. The molecule has 184 valence electrons. The third-order valence-corrected chi connectivity index (χ3v) is 5.20. The van der Waals surface area contributed by atoms with Gasteiger partial charge >= 0.3 is 11.9 Å². The molecule has 3 rings (SSSR count). The summed E-state index contributed by atoms with van der Waals surface area (Å²) in [5.74, 6) is -1.01. The first-order valence-corrected chi connectivity index (χ1v) is 11.6. The Bertz CT molecular complexity index is 955. The lowest BCUT2D eigenvalue weighted by Crippen LogP contribution is -2.46.